The summed E-state index contributed by atoms with van der Waals surface area (Å²) < 4.78 is 0. The van der Waals surface area contributed by atoms with Crippen molar-refractivity contribution in [2.45, 2.75) is 19.9 Å². The number of carbonyl (C=O) groups is 1. The van der Waals surface area contributed by atoms with Gasteiger partial charge in [-0.25, -0.2) is 4.79 Å². The third-order valence-corrected chi connectivity index (χ3v) is 1.11. The second-order valence-corrected chi connectivity index (χ2v) is 2.21. The quantitative estimate of drug-likeness (QED) is 0.498. The summed E-state index contributed by atoms with van der Waals surface area (Å²) in [6, 6.07) is -0.602. The fraction of sp³-hybridized carbons (Fsp3) is 0.800. The molecule has 0 aromatic heterocycles. The minimum atomic E-state index is -0.602. The maximum atomic E-state index is 10.5. The summed E-state index contributed by atoms with van der Waals surface area (Å²) in [4.78, 5) is 14.4. The third-order valence-electron chi connectivity index (χ3n) is 1.11. The van der Waals surface area contributed by atoms with Gasteiger partial charge in [-0.1, -0.05) is 13.8 Å². The van der Waals surface area contributed by atoms with Crippen molar-refractivity contribution in [1.29, 1.82) is 0 Å². The topological polar surface area (TPSA) is 78.3 Å². The molecule has 0 heterocycles. The highest BCUT2D eigenvalue weighted by molar-refractivity contribution is 5.75. The summed E-state index contributed by atoms with van der Waals surface area (Å²) in [6.45, 7) is 3.64. The van der Waals surface area contributed by atoms with Crippen molar-refractivity contribution in [2.75, 3.05) is 0 Å². The predicted octanol–water partition coefficient (Wildman–Crippen LogP) is -0.501. The van der Waals surface area contributed by atoms with Crippen molar-refractivity contribution in [3.05, 3.63) is 0 Å². The lowest BCUT2D eigenvalue weighted by Gasteiger charge is -2.10. The molecule has 0 radical (unpaired) electrons. The molecule has 0 aliphatic carbocycles. The molecule has 0 aliphatic heterocycles. The van der Waals surface area contributed by atoms with Gasteiger partial charge in [0, 0.05) is 0 Å². The van der Waals surface area contributed by atoms with Gasteiger partial charge in [0.2, 0.25) is 0 Å². The molecule has 0 saturated heterocycles. The average Bonchev–Trinajstić information content (AvgIpc) is 1.84. The molecular formula is C5H13N2O2+. The van der Waals surface area contributed by atoms with Crippen LogP contribution in [0.3, 0.4) is 0 Å². The van der Waals surface area contributed by atoms with Crippen LogP contribution in [0.4, 0.5) is 0 Å². The molecule has 0 aliphatic rings. The first-order valence-electron chi connectivity index (χ1n) is 2.75. The Morgan fingerprint density at radius 1 is 1.67 bits per heavy atom. The van der Waals surface area contributed by atoms with Gasteiger partial charge in [0.05, 0.1) is 0 Å². The standard InChI is InChI=1S/C5H12N2O2/c1-3(2)4(6)5(8)9-7/h3-4H,6-7H2,1-2H3/p+1/t4-/m0/s1. The van der Waals surface area contributed by atoms with Crippen LogP contribution in [0, 0.1) is 5.92 Å². The highest BCUT2D eigenvalue weighted by Gasteiger charge is 2.17. The van der Waals surface area contributed by atoms with Crippen LogP contribution >= 0.6 is 0 Å². The van der Waals surface area contributed by atoms with E-state index in [0.717, 1.165) is 0 Å². The van der Waals surface area contributed by atoms with E-state index in [0.29, 0.717) is 0 Å². The van der Waals surface area contributed by atoms with Gasteiger partial charge in [-0.2, -0.15) is 5.90 Å². The van der Waals surface area contributed by atoms with Gasteiger partial charge < -0.3 is 10.6 Å². The van der Waals surface area contributed by atoms with Crippen molar-refractivity contribution in [3.8, 4) is 0 Å². The van der Waals surface area contributed by atoms with E-state index in [9.17, 15) is 4.79 Å². The van der Waals surface area contributed by atoms with Crippen molar-refractivity contribution < 1.29 is 11.1 Å². The minimum Gasteiger partial charge on any atom is -0.372 e. The molecule has 0 saturated carbocycles. The lowest BCUT2D eigenvalue weighted by Crippen LogP contribution is -2.38. The third kappa shape index (κ3) is 2.43. The zero-order chi connectivity index (χ0) is 7.44. The lowest BCUT2D eigenvalue weighted by atomic mass is 10.1. The van der Waals surface area contributed by atoms with Gasteiger partial charge in [-0.05, 0) is 5.92 Å². The molecule has 0 spiro atoms. The highest BCUT2D eigenvalue weighted by Crippen LogP contribution is 1.97. The van der Waals surface area contributed by atoms with Crippen LogP contribution in [-0.4, -0.2) is 12.0 Å². The van der Waals surface area contributed by atoms with E-state index in [-0.39, 0.29) is 7.34 Å². The maximum absolute atomic E-state index is 10.5. The normalized spacial score (nSPS) is 13.4. The smallest absolute Gasteiger partial charge is 0.372 e. The second kappa shape index (κ2) is 3.42. The SMILES string of the molecule is CC(C)[C@H](N)C(=O)ON.[H+]. The summed E-state index contributed by atoms with van der Waals surface area (Å²) in [5.74, 6) is 4.09. The van der Waals surface area contributed by atoms with Gasteiger partial charge in [-0.15, -0.1) is 0 Å². The Morgan fingerprint density at radius 2 is 2.11 bits per heavy atom. The first kappa shape index (κ1) is 8.39. The fourth-order valence-corrected chi connectivity index (χ4v) is 0.351. The molecule has 9 heavy (non-hydrogen) atoms. The highest BCUT2D eigenvalue weighted by atomic mass is 16.7. The van der Waals surface area contributed by atoms with Crippen LogP contribution in [0.25, 0.3) is 0 Å². The number of carbonyl (C=O) groups excluding carboxylic acids is 1. The van der Waals surface area contributed by atoms with Crippen LogP contribution in [0.2, 0.25) is 0 Å². The van der Waals surface area contributed by atoms with Crippen molar-refractivity contribution in [2.24, 2.45) is 17.5 Å². The molecule has 54 valence electrons. The van der Waals surface area contributed by atoms with E-state index in [1.807, 2.05) is 13.8 Å². The molecule has 0 fully saturated rings. The number of hydrogen-bond donors (Lipinski definition) is 2. The van der Waals surface area contributed by atoms with E-state index >= 15 is 0 Å². The van der Waals surface area contributed by atoms with Crippen LogP contribution in [-0.2, 0) is 9.63 Å². The molecule has 0 aromatic rings. The molecule has 0 bridgehead atoms. The Morgan fingerprint density at radius 3 is 2.22 bits per heavy atom. The zero-order valence-corrected chi connectivity index (χ0v) is 5.63. The molecule has 1 atom stereocenters. The average molecular weight is 133 g/mol. The lowest BCUT2D eigenvalue weighted by molar-refractivity contribution is -0.146. The van der Waals surface area contributed by atoms with E-state index < -0.39 is 12.0 Å². The number of hydrogen-bond acceptors (Lipinski definition) is 4. The summed E-state index contributed by atoms with van der Waals surface area (Å²) in [5.41, 5.74) is 5.32. The van der Waals surface area contributed by atoms with Gasteiger partial charge >= 0.3 is 7.40 Å². The number of nitrogens with two attached hydrogens (primary N) is 2. The van der Waals surface area contributed by atoms with Crippen molar-refractivity contribution in [1.82, 2.24) is 0 Å². The van der Waals surface area contributed by atoms with Crippen LogP contribution in [0.15, 0.2) is 0 Å². The Kier molecular flexibility index (Phi) is 3.19. The van der Waals surface area contributed by atoms with E-state index in [2.05, 4.69) is 10.7 Å². The minimum absolute atomic E-state index is 0. The van der Waals surface area contributed by atoms with Crippen molar-refractivity contribution in [3.63, 3.8) is 0 Å². The zero-order valence-electron chi connectivity index (χ0n) is 6.63. The Labute approximate surface area is 55.6 Å². The summed E-state index contributed by atoms with van der Waals surface area (Å²) in [7, 11) is 0. The van der Waals surface area contributed by atoms with Crippen LogP contribution in [0.5, 0.6) is 0 Å². The first-order valence-corrected chi connectivity index (χ1v) is 2.75. The Bertz CT molecular complexity index is 108. The molecule has 0 aromatic carbocycles. The predicted molar refractivity (Wildman–Crippen MR) is 34.2 cm³/mol. The largest absolute Gasteiger partial charge is 1.00 e. The fourth-order valence-electron chi connectivity index (χ4n) is 0.351. The van der Waals surface area contributed by atoms with Crippen molar-refractivity contribution >= 4 is 5.97 Å². The van der Waals surface area contributed by atoms with Gasteiger partial charge in [0.15, 0.2) is 0 Å². The summed E-state index contributed by atoms with van der Waals surface area (Å²) in [5, 5.41) is 0. The first-order chi connectivity index (χ1) is 4.09. The van der Waals surface area contributed by atoms with Gasteiger partial charge in [-0.3, -0.25) is 0 Å². The van der Waals surface area contributed by atoms with E-state index in [4.69, 9.17) is 5.73 Å². The molecule has 0 amide bonds. The molecule has 0 rings (SSSR count). The molecule has 4 heteroatoms. The van der Waals surface area contributed by atoms with Crippen LogP contribution in [0.1, 0.15) is 15.3 Å². The maximum Gasteiger partial charge on any atom is 1.00 e. The molecular weight excluding hydrogens is 120 g/mol. The molecule has 4 nitrogen and oxygen atoms in total. The molecule has 4 N–H and O–H groups in total. The Balaban J connectivity index is 0. The molecule has 0 unspecified atom stereocenters. The summed E-state index contributed by atoms with van der Waals surface area (Å²) in [6.07, 6.45) is 0. The summed E-state index contributed by atoms with van der Waals surface area (Å²) >= 11 is 0. The van der Waals surface area contributed by atoms with Gasteiger partial charge in [0.25, 0.3) is 0 Å². The van der Waals surface area contributed by atoms with Crippen LogP contribution < -0.4 is 11.6 Å². The second-order valence-electron chi connectivity index (χ2n) is 2.21. The van der Waals surface area contributed by atoms with E-state index in [1.54, 1.807) is 0 Å². The van der Waals surface area contributed by atoms with E-state index in [1.165, 1.54) is 0 Å². The number of rotatable bonds is 2. The monoisotopic (exact) mass is 133 g/mol. The van der Waals surface area contributed by atoms with Gasteiger partial charge in [0.1, 0.15) is 6.04 Å². The Hall–Kier alpha value is -0.610.